The van der Waals surface area contributed by atoms with Crippen molar-refractivity contribution < 1.29 is 0 Å². The average Bonchev–Trinajstić information content (AvgIpc) is 3.40. The minimum absolute atomic E-state index is 1.12. The Balaban J connectivity index is 1.15. The van der Waals surface area contributed by atoms with Gasteiger partial charge in [-0.1, -0.05) is 206 Å². The van der Waals surface area contributed by atoms with Crippen LogP contribution in [0.1, 0.15) is 22.3 Å². The largest absolute Gasteiger partial charge is 0.309 e. The van der Waals surface area contributed by atoms with Crippen molar-refractivity contribution in [1.29, 1.82) is 0 Å². The maximum atomic E-state index is 2.54. The molecule has 0 aliphatic rings. The molecular formula is C68H52N2. The Morgan fingerprint density at radius 2 is 0.600 bits per heavy atom. The number of anilines is 6. The third-order valence-electron chi connectivity index (χ3n) is 14.3. The zero-order chi connectivity index (χ0) is 47.3. The predicted octanol–water partition coefficient (Wildman–Crippen LogP) is 19.4. The number of rotatable bonds is 10. The van der Waals surface area contributed by atoms with Crippen molar-refractivity contribution in [2.75, 3.05) is 9.80 Å². The molecule has 0 aliphatic heterocycles. The molecule has 12 aromatic carbocycles. The topological polar surface area (TPSA) is 6.48 Å². The molecule has 0 heterocycles. The van der Waals surface area contributed by atoms with Crippen molar-refractivity contribution in [2.24, 2.45) is 0 Å². The molecule has 70 heavy (non-hydrogen) atoms. The Labute approximate surface area is 411 Å². The van der Waals surface area contributed by atoms with E-state index in [0.717, 1.165) is 22.7 Å². The summed E-state index contributed by atoms with van der Waals surface area (Å²) in [7, 11) is 0. The van der Waals surface area contributed by atoms with Gasteiger partial charge in [-0.3, -0.25) is 0 Å². The van der Waals surface area contributed by atoms with Crippen molar-refractivity contribution in [3.8, 4) is 44.5 Å². The van der Waals surface area contributed by atoms with Crippen LogP contribution in [-0.4, -0.2) is 0 Å². The lowest BCUT2D eigenvalue weighted by atomic mass is 9.89. The minimum Gasteiger partial charge on any atom is -0.309 e. The van der Waals surface area contributed by atoms with Gasteiger partial charge in [0.1, 0.15) is 0 Å². The fourth-order valence-electron chi connectivity index (χ4n) is 11.0. The molecule has 0 spiro atoms. The fourth-order valence-corrected chi connectivity index (χ4v) is 11.0. The maximum Gasteiger partial charge on any atom is 0.0575 e. The molecule has 2 nitrogen and oxygen atoms in total. The van der Waals surface area contributed by atoms with Crippen LogP contribution in [0.25, 0.3) is 76.8 Å². The third-order valence-corrected chi connectivity index (χ3v) is 14.3. The lowest BCUT2D eigenvalue weighted by Gasteiger charge is -2.33. The van der Waals surface area contributed by atoms with Crippen molar-refractivity contribution in [3.05, 3.63) is 265 Å². The molecule has 0 saturated heterocycles. The number of aryl methyl sites for hydroxylation is 2. The Kier molecular flexibility index (Phi) is 10.8. The first-order valence-electron chi connectivity index (χ1n) is 24.3. The van der Waals surface area contributed by atoms with Crippen LogP contribution in [0.3, 0.4) is 0 Å². The Hall–Kier alpha value is -8.72. The summed E-state index contributed by atoms with van der Waals surface area (Å²) < 4.78 is 0. The zero-order valence-corrected chi connectivity index (χ0v) is 40.0. The van der Waals surface area contributed by atoms with Gasteiger partial charge in [-0.05, 0) is 141 Å². The van der Waals surface area contributed by atoms with E-state index in [9.17, 15) is 0 Å². The van der Waals surface area contributed by atoms with E-state index in [-0.39, 0.29) is 0 Å². The normalized spacial score (nSPS) is 11.4. The fraction of sp³-hybridized carbons (Fsp3) is 0.0588. The first kappa shape index (κ1) is 42.6. The van der Waals surface area contributed by atoms with Gasteiger partial charge in [0, 0.05) is 33.3 Å². The minimum atomic E-state index is 1.12. The van der Waals surface area contributed by atoms with Gasteiger partial charge in [-0.25, -0.2) is 0 Å². The summed E-state index contributed by atoms with van der Waals surface area (Å²) in [4.78, 5) is 5.07. The van der Waals surface area contributed by atoms with Crippen LogP contribution in [0.4, 0.5) is 34.1 Å². The second-order valence-electron chi connectivity index (χ2n) is 18.7. The summed E-state index contributed by atoms with van der Waals surface area (Å²) in [6, 6.07) is 89.3. The molecule has 0 amide bonds. The monoisotopic (exact) mass is 896 g/mol. The molecule has 0 unspecified atom stereocenters. The molecule has 0 N–H and O–H groups in total. The summed E-state index contributed by atoms with van der Waals surface area (Å²) in [5, 5.41) is 7.34. The van der Waals surface area contributed by atoms with E-state index in [1.807, 2.05) is 0 Å². The highest BCUT2D eigenvalue weighted by Gasteiger charge is 2.27. The Bertz CT molecular complexity index is 3600. The summed E-state index contributed by atoms with van der Waals surface area (Å²) in [5.74, 6) is 0. The van der Waals surface area contributed by atoms with Crippen LogP contribution in [-0.2, 0) is 0 Å². The first-order valence-corrected chi connectivity index (χ1v) is 24.3. The molecule has 0 aromatic heterocycles. The smallest absolute Gasteiger partial charge is 0.0575 e. The molecule has 0 aliphatic carbocycles. The number of hydrogen-bond acceptors (Lipinski definition) is 2. The summed E-state index contributed by atoms with van der Waals surface area (Å²) >= 11 is 0. The highest BCUT2D eigenvalue weighted by molar-refractivity contribution is 6.28. The second kappa shape index (κ2) is 17.7. The van der Waals surface area contributed by atoms with Gasteiger partial charge in [0.05, 0.1) is 22.7 Å². The SMILES string of the molecule is Cc1cccc(N(c2c(-c3ccccc3)ccc(-c3ccccc3)c2C)c2ccc3ccc4c(N(c5cccc(C)c5)c5c(-c6ccccc6)ccc(-c6ccccc6)c5C)ccc5ccc2c3c54)c1. The van der Waals surface area contributed by atoms with E-state index in [1.165, 1.54) is 110 Å². The van der Waals surface area contributed by atoms with E-state index >= 15 is 0 Å². The van der Waals surface area contributed by atoms with Gasteiger partial charge in [0.25, 0.3) is 0 Å². The predicted molar refractivity (Wildman–Crippen MR) is 300 cm³/mol. The van der Waals surface area contributed by atoms with Gasteiger partial charge >= 0.3 is 0 Å². The van der Waals surface area contributed by atoms with Crippen LogP contribution in [0, 0.1) is 27.7 Å². The van der Waals surface area contributed by atoms with Crippen LogP contribution in [0.5, 0.6) is 0 Å². The van der Waals surface area contributed by atoms with E-state index in [1.54, 1.807) is 0 Å². The molecule has 2 heteroatoms. The quantitative estimate of drug-likeness (QED) is 0.126. The van der Waals surface area contributed by atoms with Gasteiger partial charge in [0.2, 0.25) is 0 Å². The van der Waals surface area contributed by atoms with E-state index < -0.39 is 0 Å². The van der Waals surface area contributed by atoms with Gasteiger partial charge in [0.15, 0.2) is 0 Å². The van der Waals surface area contributed by atoms with Gasteiger partial charge in [-0.15, -0.1) is 0 Å². The molecule has 0 radical (unpaired) electrons. The third kappa shape index (κ3) is 7.37. The maximum absolute atomic E-state index is 2.54. The molecule has 12 aromatic rings. The molecular weight excluding hydrogens is 845 g/mol. The van der Waals surface area contributed by atoms with Crippen LogP contribution in [0.2, 0.25) is 0 Å². The average molecular weight is 897 g/mol. The molecule has 0 atom stereocenters. The summed E-state index contributed by atoms with van der Waals surface area (Å²) in [5.41, 5.74) is 21.3. The Morgan fingerprint density at radius 3 is 0.957 bits per heavy atom. The number of hydrogen-bond donors (Lipinski definition) is 0. The molecule has 0 saturated carbocycles. The highest BCUT2D eigenvalue weighted by atomic mass is 15.2. The van der Waals surface area contributed by atoms with Crippen molar-refractivity contribution in [2.45, 2.75) is 27.7 Å². The van der Waals surface area contributed by atoms with E-state index in [4.69, 9.17) is 0 Å². The van der Waals surface area contributed by atoms with Gasteiger partial charge in [-0.2, -0.15) is 0 Å². The second-order valence-corrected chi connectivity index (χ2v) is 18.7. The lowest BCUT2D eigenvalue weighted by Crippen LogP contribution is -2.15. The lowest BCUT2D eigenvalue weighted by molar-refractivity contribution is 1.25. The van der Waals surface area contributed by atoms with Crippen molar-refractivity contribution in [1.82, 2.24) is 0 Å². The molecule has 0 bridgehead atoms. The number of benzene rings is 12. The van der Waals surface area contributed by atoms with Crippen LogP contribution in [0.15, 0.2) is 243 Å². The van der Waals surface area contributed by atoms with E-state index in [2.05, 4.69) is 280 Å². The summed E-state index contributed by atoms with van der Waals surface area (Å²) in [6.45, 7) is 8.99. The van der Waals surface area contributed by atoms with E-state index in [0.29, 0.717) is 0 Å². The summed E-state index contributed by atoms with van der Waals surface area (Å²) in [6.07, 6.45) is 0. The van der Waals surface area contributed by atoms with Crippen LogP contribution < -0.4 is 9.80 Å². The molecule has 0 fully saturated rings. The number of nitrogens with zero attached hydrogens (tertiary/aromatic N) is 2. The standard InChI is InChI=1S/C68H52N2/c1-45-19-17-29-55(43-45)69(67-47(3)57(49-21-9-5-10-22-49)37-39-59(67)51-25-13-7-14-26-51)63-41-33-53-32-36-62-64(42-34-54-31-35-61(63)65(53)66(54)62)70(56-30-18-20-46(2)44-56)68-48(4)58(50-23-11-6-12-24-50)38-40-60(68)52-27-15-8-16-28-52/h5-44H,1-4H3. The van der Waals surface area contributed by atoms with Crippen molar-refractivity contribution >= 4 is 66.4 Å². The molecule has 334 valence electrons. The zero-order valence-electron chi connectivity index (χ0n) is 40.0. The molecule has 12 rings (SSSR count). The first-order chi connectivity index (χ1) is 34.4. The van der Waals surface area contributed by atoms with Crippen LogP contribution >= 0.6 is 0 Å². The highest BCUT2D eigenvalue weighted by Crippen LogP contribution is 2.52. The van der Waals surface area contributed by atoms with Gasteiger partial charge < -0.3 is 9.80 Å². The Morgan fingerprint density at radius 1 is 0.271 bits per heavy atom. The van der Waals surface area contributed by atoms with Crippen molar-refractivity contribution in [3.63, 3.8) is 0 Å².